The van der Waals surface area contributed by atoms with Crippen LogP contribution in [0.15, 0.2) is 4.52 Å². The van der Waals surface area contributed by atoms with E-state index in [0.717, 1.165) is 19.3 Å². The standard InChI is InChI=1S/C12H15F3N2O3/c1-5(9(18)12(13,14)15)11-16-10(17-20-11)7-4-6-2-3-8(7)19-6/h5-9,18H,2-4H2,1H3. The van der Waals surface area contributed by atoms with Gasteiger partial charge in [0.15, 0.2) is 11.9 Å². The summed E-state index contributed by atoms with van der Waals surface area (Å²) in [5, 5.41) is 13.0. The van der Waals surface area contributed by atoms with Gasteiger partial charge in [0.25, 0.3) is 0 Å². The van der Waals surface area contributed by atoms with Crippen LogP contribution in [-0.4, -0.2) is 39.7 Å². The molecule has 112 valence electrons. The number of fused-ring (bicyclic) bond motifs is 2. The van der Waals surface area contributed by atoms with Crippen molar-refractivity contribution in [1.29, 1.82) is 0 Å². The van der Waals surface area contributed by atoms with Crippen molar-refractivity contribution in [2.75, 3.05) is 0 Å². The van der Waals surface area contributed by atoms with E-state index in [-0.39, 0.29) is 24.0 Å². The van der Waals surface area contributed by atoms with Gasteiger partial charge in [-0.2, -0.15) is 18.2 Å². The first kappa shape index (κ1) is 13.8. The van der Waals surface area contributed by atoms with E-state index in [1.165, 1.54) is 6.92 Å². The van der Waals surface area contributed by atoms with Gasteiger partial charge in [0.05, 0.1) is 24.0 Å². The Morgan fingerprint density at radius 2 is 2.10 bits per heavy atom. The maximum atomic E-state index is 12.5. The van der Waals surface area contributed by atoms with Crippen LogP contribution in [0.1, 0.15) is 49.7 Å². The third-order valence-corrected chi connectivity index (χ3v) is 4.09. The Bertz CT molecular complexity index is 491. The molecule has 8 heteroatoms. The summed E-state index contributed by atoms with van der Waals surface area (Å²) in [6.45, 7) is 1.22. The molecule has 2 fully saturated rings. The van der Waals surface area contributed by atoms with Gasteiger partial charge in [-0.25, -0.2) is 0 Å². The highest BCUT2D eigenvalue weighted by Crippen LogP contribution is 2.43. The van der Waals surface area contributed by atoms with Gasteiger partial charge < -0.3 is 14.4 Å². The van der Waals surface area contributed by atoms with E-state index >= 15 is 0 Å². The fourth-order valence-electron chi connectivity index (χ4n) is 2.91. The Morgan fingerprint density at radius 3 is 2.65 bits per heavy atom. The summed E-state index contributed by atoms with van der Waals surface area (Å²) in [5.41, 5.74) is 0. The molecule has 3 rings (SSSR count). The quantitative estimate of drug-likeness (QED) is 0.924. The number of aliphatic hydroxyl groups excluding tert-OH is 1. The lowest BCUT2D eigenvalue weighted by molar-refractivity contribution is -0.210. The van der Waals surface area contributed by atoms with Crippen LogP contribution in [0.25, 0.3) is 0 Å². The lowest BCUT2D eigenvalue weighted by atomic mass is 9.89. The van der Waals surface area contributed by atoms with E-state index in [4.69, 9.17) is 9.26 Å². The van der Waals surface area contributed by atoms with Gasteiger partial charge in [0.1, 0.15) is 0 Å². The fraction of sp³-hybridized carbons (Fsp3) is 0.833. The number of aromatic nitrogens is 2. The first-order valence-corrected chi connectivity index (χ1v) is 6.60. The molecule has 0 aliphatic carbocycles. The summed E-state index contributed by atoms with van der Waals surface area (Å²) >= 11 is 0. The summed E-state index contributed by atoms with van der Waals surface area (Å²) in [6.07, 6.45) is -4.27. The van der Waals surface area contributed by atoms with Crippen molar-refractivity contribution in [2.24, 2.45) is 0 Å². The van der Waals surface area contributed by atoms with Gasteiger partial charge in [-0.3, -0.25) is 0 Å². The minimum Gasteiger partial charge on any atom is -0.383 e. The molecular weight excluding hydrogens is 277 g/mol. The molecule has 1 aromatic heterocycles. The van der Waals surface area contributed by atoms with Crippen molar-refractivity contribution < 1.29 is 27.5 Å². The summed E-state index contributed by atoms with van der Waals surface area (Å²) in [5.74, 6) is -1.10. The number of rotatable bonds is 3. The maximum Gasteiger partial charge on any atom is 0.415 e. The molecular formula is C12H15F3N2O3. The molecule has 5 atom stereocenters. The van der Waals surface area contributed by atoms with Crippen molar-refractivity contribution in [2.45, 2.75) is 62.5 Å². The first-order valence-electron chi connectivity index (χ1n) is 6.60. The van der Waals surface area contributed by atoms with Crippen molar-refractivity contribution in [3.05, 3.63) is 11.7 Å². The van der Waals surface area contributed by atoms with E-state index in [1.54, 1.807) is 0 Å². The molecule has 2 aliphatic rings. The minimum absolute atomic E-state index is 0.0125. The average Bonchev–Trinajstić information content (AvgIpc) is 3.10. The van der Waals surface area contributed by atoms with Crippen molar-refractivity contribution in [1.82, 2.24) is 10.1 Å². The van der Waals surface area contributed by atoms with Crippen molar-refractivity contribution in [3.63, 3.8) is 0 Å². The lowest BCUT2D eigenvalue weighted by Gasteiger charge is -2.18. The largest absolute Gasteiger partial charge is 0.415 e. The molecule has 0 aromatic carbocycles. The van der Waals surface area contributed by atoms with Crippen molar-refractivity contribution in [3.8, 4) is 0 Å². The zero-order valence-corrected chi connectivity index (χ0v) is 10.8. The molecule has 2 aliphatic heterocycles. The van der Waals surface area contributed by atoms with Crippen LogP contribution in [0.2, 0.25) is 0 Å². The number of nitrogens with zero attached hydrogens (tertiary/aromatic N) is 2. The molecule has 1 N–H and O–H groups in total. The highest BCUT2D eigenvalue weighted by atomic mass is 19.4. The average molecular weight is 292 g/mol. The Balaban J connectivity index is 1.74. The van der Waals surface area contributed by atoms with Gasteiger partial charge in [-0.05, 0) is 19.3 Å². The number of halogens is 3. The molecule has 1 aromatic rings. The second-order valence-corrected chi connectivity index (χ2v) is 5.48. The Hall–Kier alpha value is -1.15. The Labute approximate surface area is 113 Å². The van der Waals surface area contributed by atoms with Gasteiger partial charge in [0, 0.05) is 0 Å². The van der Waals surface area contributed by atoms with E-state index in [1.807, 2.05) is 0 Å². The third-order valence-electron chi connectivity index (χ3n) is 4.09. The highest BCUT2D eigenvalue weighted by molar-refractivity contribution is 5.08. The van der Waals surface area contributed by atoms with E-state index in [9.17, 15) is 18.3 Å². The van der Waals surface area contributed by atoms with Crippen LogP contribution in [0.5, 0.6) is 0 Å². The monoisotopic (exact) mass is 292 g/mol. The number of aliphatic hydroxyl groups is 1. The van der Waals surface area contributed by atoms with Crippen LogP contribution in [0.4, 0.5) is 13.2 Å². The molecule has 5 unspecified atom stereocenters. The smallest absolute Gasteiger partial charge is 0.383 e. The van der Waals surface area contributed by atoms with Gasteiger partial charge in [-0.15, -0.1) is 0 Å². The predicted molar refractivity (Wildman–Crippen MR) is 60.0 cm³/mol. The second kappa shape index (κ2) is 4.70. The number of ether oxygens (including phenoxy) is 1. The zero-order valence-electron chi connectivity index (χ0n) is 10.8. The summed E-state index contributed by atoms with van der Waals surface area (Å²) < 4.78 is 47.9. The number of hydrogen-bond donors (Lipinski definition) is 1. The maximum absolute atomic E-state index is 12.5. The number of alkyl halides is 3. The molecule has 2 saturated heterocycles. The topological polar surface area (TPSA) is 68.4 Å². The van der Waals surface area contributed by atoms with Crippen LogP contribution in [-0.2, 0) is 4.74 Å². The van der Waals surface area contributed by atoms with Crippen LogP contribution < -0.4 is 0 Å². The zero-order chi connectivity index (χ0) is 14.5. The Morgan fingerprint density at radius 1 is 1.35 bits per heavy atom. The van der Waals surface area contributed by atoms with Gasteiger partial charge in [0.2, 0.25) is 5.89 Å². The van der Waals surface area contributed by atoms with E-state index in [0.29, 0.717) is 5.82 Å². The molecule has 5 nitrogen and oxygen atoms in total. The molecule has 0 amide bonds. The molecule has 2 bridgehead atoms. The van der Waals surface area contributed by atoms with E-state index < -0.39 is 18.2 Å². The second-order valence-electron chi connectivity index (χ2n) is 5.48. The Kier molecular flexibility index (Phi) is 3.24. The summed E-state index contributed by atoms with van der Waals surface area (Å²) in [6, 6.07) is 0. The highest BCUT2D eigenvalue weighted by Gasteiger charge is 2.46. The predicted octanol–water partition coefficient (Wildman–Crippen LogP) is 2.13. The lowest BCUT2D eigenvalue weighted by Crippen LogP contribution is -2.33. The first-order chi connectivity index (χ1) is 9.36. The van der Waals surface area contributed by atoms with E-state index in [2.05, 4.69) is 10.1 Å². The van der Waals surface area contributed by atoms with Crippen LogP contribution in [0.3, 0.4) is 0 Å². The number of hydrogen-bond acceptors (Lipinski definition) is 5. The molecule has 20 heavy (non-hydrogen) atoms. The third kappa shape index (κ3) is 2.31. The molecule has 0 spiro atoms. The molecule has 0 saturated carbocycles. The van der Waals surface area contributed by atoms with Gasteiger partial charge >= 0.3 is 6.18 Å². The minimum atomic E-state index is -4.70. The molecule has 0 radical (unpaired) electrons. The van der Waals surface area contributed by atoms with Crippen LogP contribution >= 0.6 is 0 Å². The normalized spacial score (nSPS) is 32.5. The fourth-order valence-corrected chi connectivity index (χ4v) is 2.91. The van der Waals surface area contributed by atoms with Crippen LogP contribution in [0, 0.1) is 0 Å². The van der Waals surface area contributed by atoms with Crippen molar-refractivity contribution >= 4 is 0 Å². The summed E-state index contributed by atoms with van der Waals surface area (Å²) in [4.78, 5) is 4.03. The SMILES string of the molecule is CC(c1nc(C2CC3CCC2O3)no1)C(O)C(F)(F)F. The molecule has 3 heterocycles. The van der Waals surface area contributed by atoms with Gasteiger partial charge in [-0.1, -0.05) is 12.1 Å². The summed E-state index contributed by atoms with van der Waals surface area (Å²) in [7, 11) is 0.